The van der Waals surface area contributed by atoms with E-state index in [9.17, 15) is 4.79 Å². The summed E-state index contributed by atoms with van der Waals surface area (Å²) in [6.45, 7) is 3.90. The minimum absolute atomic E-state index is 0.278. The molecule has 2 aromatic heterocycles. The molecule has 0 atom stereocenters. The van der Waals surface area contributed by atoms with Gasteiger partial charge in [-0.15, -0.1) is 0 Å². The highest BCUT2D eigenvalue weighted by atomic mass is 16.2. The normalized spacial score (nSPS) is 10.3. The first-order valence-corrected chi connectivity index (χ1v) is 5.83. The smallest absolute Gasteiger partial charge is 0.277 e. The number of aryl methyl sites for hydroxylation is 2. The standard InChI is InChI=1S/C12H15N5O/c1-3-4-9-5-11(17-16-9)15-12(18)10-7-13-8(2)6-14-10/h5-7H,3-4H2,1-2H3,(H2,15,16,17,18). The van der Waals surface area contributed by atoms with Crippen LogP contribution < -0.4 is 5.32 Å². The van der Waals surface area contributed by atoms with Crippen LogP contribution in [0, 0.1) is 6.92 Å². The number of hydrogen-bond donors (Lipinski definition) is 2. The molecule has 0 aromatic carbocycles. The molecule has 2 N–H and O–H groups in total. The monoisotopic (exact) mass is 245 g/mol. The van der Waals surface area contributed by atoms with Crippen molar-refractivity contribution in [3.63, 3.8) is 0 Å². The predicted octanol–water partition coefficient (Wildman–Crippen LogP) is 1.71. The van der Waals surface area contributed by atoms with Gasteiger partial charge in [-0.05, 0) is 13.3 Å². The Bertz CT molecular complexity index is 532. The van der Waals surface area contributed by atoms with Crippen LogP contribution in [0.2, 0.25) is 0 Å². The highest BCUT2D eigenvalue weighted by Crippen LogP contribution is 2.08. The first-order chi connectivity index (χ1) is 8.69. The van der Waals surface area contributed by atoms with E-state index in [1.807, 2.05) is 13.0 Å². The second-order valence-corrected chi connectivity index (χ2v) is 4.03. The molecule has 2 heterocycles. The van der Waals surface area contributed by atoms with Gasteiger partial charge in [-0.3, -0.25) is 14.9 Å². The SMILES string of the molecule is CCCc1cc(NC(=O)c2cnc(C)cn2)n[nH]1. The van der Waals surface area contributed by atoms with Gasteiger partial charge in [0.1, 0.15) is 5.69 Å². The lowest BCUT2D eigenvalue weighted by atomic mass is 10.2. The van der Waals surface area contributed by atoms with Gasteiger partial charge in [0.25, 0.3) is 5.91 Å². The Morgan fingerprint density at radius 1 is 1.39 bits per heavy atom. The summed E-state index contributed by atoms with van der Waals surface area (Å²) in [7, 11) is 0. The van der Waals surface area contributed by atoms with Crippen LogP contribution in [0.5, 0.6) is 0 Å². The van der Waals surface area contributed by atoms with Crippen LogP contribution in [0.1, 0.15) is 35.2 Å². The molecule has 0 spiro atoms. The molecule has 6 heteroatoms. The van der Waals surface area contributed by atoms with E-state index in [0.29, 0.717) is 5.82 Å². The fourth-order valence-corrected chi connectivity index (χ4v) is 1.51. The number of aromatic nitrogens is 4. The van der Waals surface area contributed by atoms with Crippen molar-refractivity contribution >= 4 is 11.7 Å². The van der Waals surface area contributed by atoms with Crippen molar-refractivity contribution in [3.05, 3.63) is 35.5 Å². The molecule has 6 nitrogen and oxygen atoms in total. The maximum absolute atomic E-state index is 11.8. The van der Waals surface area contributed by atoms with Crippen molar-refractivity contribution in [2.75, 3.05) is 5.32 Å². The fourth-order valence-electron chi connectivity index (χ4n) is 1.51. The van der Waals surface area contributed by atoms with Crippen LogP contribution in [0.3, 0.4) is 0 Å². The van der Waals surface area contributed by atoms with Crippen molar-refractivity contribution in [2.45, 2.75) is 26.7 Å². The van der Waals surface area contributed by atoms with Crippen molar-refractivity contribution in [3.8, 4) is 0 Å². The van der Waals surface area contributed by atoms with Gasteiger partial charge in [-0.25, -0.2) is 4.98 Å². The van der Waals surface area contributed by atoms with E-state index in [0.717, 1.165) is 24.2 Å². The summed E-state index contributed by atoms with van der Waals surface area (Å²) < 4.78 is 0. The van der Waals surface area contributed by atoms with Crippen molar-refractivity contribution in [2.24, 2.45) is 0 Å². The summed E-state index contributed by atoms with van der Waals surface area (Å²) in [5.74, 6) is 0.197. The molecule has 0 bridgehead atoms. The molecule has 2 rings (SSSR count). The highest BCUT2D eigenvalue weighted by Gasteiger charge is 2.09. The number of carbonyl (C=O) groups is 1. The van der Waals surface area contributed by atoms with Gasteiger partial charge in [0.05, 0.1) is 11.9 Å². The zero-order valence-electron chi connectivity index (χ0n) is 10.4. The minimum Gasteiger partial charge on any atom is -0.304 e. The van der Waals surface area contributed by atoms with E-state index in [-0.39, 0.29) is 11.6 Å². The molecule has 0 aliphatic heterocycles. The lowest BCUT2D eigenvalue weighted by Crippen LogP contribution is -2.14. The first-order valence-electron chi connectivity index (χ1n) is 5.83. The van der Waals surface area contributed by atoms with Gasteiger partial charge < -0.3 is 5.32 Å². The number of amides is 1. The Labute approximate surface area is 105 Å². The van der Waals surface area contributed by atoms with E-state index in [2.05, 4.69) is 32.4 Å². The van der Waals surface area contributed by atoms with E-state index >= 15 is 0 Å². The Morgan fingerprint density at radius 2 is 2.22 bits per heavy atom. The van der Waals surface area contributed by atoms with E-state index in [4.69, 9.17) is 0 Å². The van der Waals surface area contributed by atoms with Crippen molar-refractivity contribution in [1.82, 2.24) is 20.2 Å². The topological polar surface area (TPSA) is 83.6 Å². The number of rotatable bonds is 4. The molecule has 0 aliphatic carbocycles. The van der Waals surface area contributed by atoms with Crippen LogP contribution in [-0.2, 0) is 6.42 Å². The van der Waals surface area contributed by atoms with Gasteiger partial charge in [-0.2, -0.15) is 5.10 Å². The molecule has 2 aromatic rings. The van der Waals surface area contributed by atoms with E-state index in [1.54, 1.807) is 6.20 Å². The third-order valence-corrected chi connectivity index (χ3v) is 2.41. The molecule has 0 saturated carbocycles. The molecule has 0 radical (unpaired) electrons. The van der Waals surface area contributed by atoms with Crippen LogP contribution >= 0.6 is 0 Å². The van der Waals surface area contributed by atoms with E-state index in [1.165, 1.54) is 6.20 Å². The average molecular weight is 245 g/mol. The minimum atomic E-state index is -0.308. The molecule has 0 unspecified atom stereocenters. The first kappa shape index (κ1) is 12.2. The third kappa shape index (κ3) is 2.91. The summed E-state index contributed by atoms with van der Waals surface area (Å²) in [6.07, 6.45) is 4.94. The number of carbonyl (C=O) groups excluding carboxylic acids is 1. The Balaban J connectivity index is 2.04. The van der Waals surface area contributed by atoms with Gasteiger partial charge in [0.2, 0.25) is 0 Å². The summed E-state index contributed by atoms with van der Waals surface area (Å²) >= 11 is 0. The van der Waals surface area contributed by atoms with Crippen molar-refractivity contribution < 1.29 is 4.79 Å². The highest BCUT2D eigenvalue weighted by molar-refractivity contribution is 6.02. The van der Waals surface area contributed by atoms with Crippen LogP contribution in [0.25, 0.3) is 0 Å². The molecule has 0 fully saturated rings. The average Bonchev–Trinajstić information content (AvgIpc) is 2.78. The van der Waals surface area contributed by atoms with Crippen LogP contribution in [-0.4, -0.2) is 26.1 Å². The lowest BCUT2D eigenvalue weighted by molar-refractivity contribution is 0.102. The number of anilines is 1. The maximum atomic E-state index is 11.8. The third-order valence-electron chi connectivity index (χ3n) is 2.41. The molecule has 1 amide bonds. The van der Waals surface area contributed by atoms with Gasteiger partial charge >= 0.3 is 0 Å². The molecule has 0 saturated heterocycles. The molecular weight excluding hydrogens is 230 g/mol. The number of nitrogens with one attached hydrogen (secondary N) is 2. The number of nitrogens with zero attached hydrogens (tertiary/aromatic N) is 3. The fraction of sp³-hybridized carbons (Fsp3) is 0.333. The molecule has 0 aliphatic rings. The Morgan fingerprint density at radius 3 is 2.89 bits per heavy atom. The van der Waals surface area contributed by atoms with Gasteiger partial charge in [0.15, 0.2) is 5.82 Å². The summed E-state index contributed by atoms with van der Waals surface area (Å²) in [5.41, 5.74) is 2.06. The van der Waals surface area contributed by atoms with Crippen LogP contribution in [0.4, 0.5) is 5.82 Å². The second-order valence-electron chi connectivity index (χ2n) is 4.03. The Kier molecular flexibility index (Phi) is 3.66. The predicted molar refractivity (Wildman–Crippen MR) is 67.3 cm³/mol. The zero-order chi connectivity index (χ0) is 13.0. The van der Waals surface area contributed by atoms with Gasteiger partial charge in [-0.1, -0.05) is 13.3 Å². The quantitative estimate of drug-likeness (QED) is 0.859. The number of aromatic amines is 1. The van der Waals surface area contributed by atoms with Crippen molar-refractivity contribution in [1.29, 1.82) is 0 Å². The number of H-pyrrole nitrogens is 1. The zero-order valence-corrected chi connectivity index (χ0v) is 10.4. The summed E-state index contributed by atoms with van der Waals surface area (Å²) in [6, 6.07) is 1.82. The van der Waals surface area contributed by atoms with Crippen LogP contribution in [0.15, 0.2) is 18.5 Å². The number of hydrogen-bond acceptors (Lipinski definition) is 4. The summed E-state index contributed by atoms with van der Waals surface area (Å²) in [4.78, 5) is 19.9. The molecule has 18 heavy (non-hydrogen) atoms. The lowest BCUT2D eigenvalue weighted by Gasteiger charge is -2.00. The maximum Gasteiger partial charge on any atom is 0.277 e. The summed E-state index contributed by atoms with van der Waals surface area (Å²) in [5, 5.41) is 9.56. The second kappa shape index (κ2) is 5.39. The largest absolute Gasteiger partial charge is 0.304 e. The van der Waals surface area contributed by atoms with E-state index < -0.39 is 0 Å². The molecule has 94 valence electrons. The molecular formula is C12H15N5O. The Hall–Kier alpha value is -2.24. The van der Waals surface area contributed by atoms with Gasteiger partial charge in [0, 0.05) is 18.0 Å².